The van der Waals surface area contributed by atoms with Gasteiger partial charge in [-0.2, -0.15) is 18.3 Å². The maximum Gasteiger partial charge on any atom is 0.416 e. The zero-order valence-corrected chi connectivity index (χ0v) is 17.4. The van der Waals surface area contributed by atoms with Crippen molar-refractivity contribution < 1.29 is 18.0 Å². The molecule has 30 heavy (non-hydrogen) atoms. The van der Waals surface area contributed by atoms with E-state index >= 15 is 0 Å². The normalized spacial score (nSPS) is 15.3. The predicted octanol–water partition coefficient (Wildman–Crippen LogP) is 2.87. The van der Waals surface area contributed by atoms with Crippen LogP contribution in [0.3, 0.4) is 0 Å². The van der Waals surface area contributed by atoms with E-state index < -0.39 is 23.2 Å². The molecule has 0 bridgehead atoms. The Hall–Kier alpha value is -2.30. The summed E-state index contributed by atoms with van der Waals surface area (Å²) in [6.45, 7) is 1.99. The minimum Gasteiger partial charge on any atom is -0.366 e. The van der Waals surface area contributed by atoms with Crippen LogP contribution in [-0.2, 0) is 18.0 Å². The van der Waals surface area contributed by atoms with Crippen LogP contribution >= 0.6 is 23.2 Å². The third kappa shape index (κ3) is 5.05. The lowest BCUT2D eigenvalue weighted by Crippen LogP contribution is -2.49. The fourth-order valence-electron chi connectivity index (χ4n) is 3.06. The molecule has 7 nitrogen and oxygen atoms in total. The second-order valence-corrected chi connectivity index (χ2v) is 7.56. The van der Waals surface area contributed by atoms with Crippen molar-refractivity contribution in [2.45, 2.75) is 6.18 Å². The quantitative estimate of drug-likeness (QED) is 0.754. The van der Waals surface area contributed by atoms with E-state index in [9.17, 15) is 22.8 Å². The third-order valence-corrected chi connectivity index (χ3v) is 5.39. The number of piperazine rings is 1. The van der Waals surface area contributed by atoms with Gasteiger partial charge in [0, 0.05) is 33.2 Å². The molecule has 1 amide bonds. The highest BCUT2D eigenvalue weighted by Crippen LogP contribution is 2.33. The number of anilines is 2. The lowest BCUT2D eigenvalue weighted by molar-refractivity contribution is -0.137. The van der Waals surface area contributed by atoms with Crippen molar-refractivity contribution in [1.82, 2.24) is 14.7 Å². The van der Waals surface area contributed by atoms with Crippen molar-refractivity contribution in [1.29, 1.82) is 0 Å². The van der Waals surface area contributed by atoms with E-state index in [0.717, 1.165) is 22.9 Å². The fourth-order valence-corrected chi connectivity index (χ4v) is 3.52. The number of hydrogen-bond acceptors (Lipinski definition) is 5. The molecule has 0 radical (unpaired) electrons. The second kappa shape index (κ2) is 8.83. The van der Waals surface area contributed by atoms with E-state index in [0.29, 0.717) is 31.9 Å². The molecule has 1 N–H and O–H groups in total. The Balaban J connectivity index is 1.59. The molecule has 0 spiro atoms. The Labute approximate surface area is 180 Å². The standard InChI is InChI=1S/C18H18Cl2F3N5O2/c1-26-17(30)16(20)14(9-24-26)28-6-4-27(5-7-28)10-15(29)25-13-8-11(18(21,22)23)2-3-12(13)19/h2-3,8-9H,4-7,10H2,1H3,(H,25,29). The molecule has 1 aliphatic heterocycles. The first-order valence-corrected chi connectivity index (χ1v) is 9.67. The smallest absolute Gasteiger partial charge is 0.366 e. The molecule has 3 rings (SSSR count). The zero-order chi connectivity index (χ0) is 22.1. The maximum atomic E-state index is 12.9. The largest absolute Gasteiger partial charge is 0.416 e. The van der Waals surface area contributed by atoms with E-state index in [4.69, 9.17) is 23.2 Å². The molecule has 0 aliphatic carbocycles. The van der Waals surface area contributed by atoms with Gasteiger partial charge in [-0.3, -0.25) is 14.5 Å². The van der Waals surface area contributed by atoms with E-state index in [-0.39, 0.29) is 22.3 Å². The first-order valence-electron chi connectivity index (χ1n) is 8.92. The summed E-state index contributed by atoms with van der Waals surface area (Å²) in [5.74, 6) is -0.474. The summed E-state index contributed by atoms with van der Waals surface area (Å²) in [6, 6.07) is 2.76. The number of aryl methyl sites for hydroxylation is 1. The number of carbonyl (C=O) groups excluding carboxylic acids is 1. The van der Waals surface area contributed by atoms with Gasteiger partial charge in [-0.25, -0.2) is 4.68 Å². The first kappa shape index (κ1) is 22.4. The monoisotopic (exact) mass is 463 g/mol. The number of amides is 1. The Morgan fingerprint density at radius 1 is 1.20 bits per heavy atom. The highest BCUT2D eigenvalue weighted by atomic mass is 35.5. The molecule has 2 aromatic rings. The SMILES string of the molecule is Cn1ncc(N2CCN(CC(=O)Nc3cc(C(F)(F)F)ccc3Cl)CC2)c(Cl)c1=O. The molecular formula is C18H18Cl2F3N5O2. The number of nitrogens with one attached hydrogen (secondary N) is 1. The topological polar surface area (TPSA) is 70.5 Å². The molecule has 1 saturated heterocycles. The first-order chi connectivity index (χ1) is 14.1. The van der Waals surface area contributed by atoms with Gasteiger partial charge in [0.25, 0.3) is 5.56 Å². The molecule has 12 heteroatoms. The molecule has 0 unspecified atom stereocenters. The number of benzene rings is 1. The van der Waals surface area contributed by atoms with Crippen molar-refractivity contribution in [2.24, 2.45) is 7.05 Å². The summed E-state index contributed by atoms with van der Waals surface area (Å²) in [5, 5.41) is 6.51. The van der Waals surface area contributed by atoms with Crippen LogP contribution in [0.25, 0.3) is 0 Å². The fraction of sp³-hybridized carbons (Fsp3) is 0.389. The van der Waals surface area contributed by atoms with Gasteiger partial charge in [0.15, 0.2) is 0 Å². The van der Waals surface area contributed by atoms with E-state index in [2.05, 4.69) is 10.4 Å². The number of halogens is 5. The van der Waals surface area contributed by atoms with Crippen molar-refractivity contribution in [2.75, 3.05) is 42.9 Å². The zero-order valence-electron chi connectivity index (χ0n) is 15.8. The van der Waals surface area contributed by atoms with Crippen molar-refractivity contribution in [3.8, 4) is 0 Å². The molecular weight excluding hydrogens is 446 g/mol. The minimum atomic E-state index is -4.53. The minimum absolute atomic E-state index is 0.0110. The van der Waals surface area contributed by atoms with Crippen LogP contribution in [0.5, 0.6) is 0 Å². The Morgan fingerprint density at radius 2 is 1.87 bits per heavy atom. The molecule has 1 aliphatic rings. The lowest BCUT2D eigenvalue weighted by atomic mass is 10.2. The highest BCUT2D eigenvalue weighted by Gasteiger charge is 2.31. The Bertz CT molecular complexity index is 1000. The summed E-state index contributed by atoms with van der Waals surface area (Å²) in [4.78, 5) is 28.0. The van der Waals surface area contributed by atoms with Gasteiger partial charge in [0.1, 0.15) is 5.02 Å². The van der Waals surface area contributed by atoms with Gasteiger partial charge in [0.2, 0.25) is 5.91 Å². The summed E-state index contributed by atoms with van der Waals surface area (Å²) in [6.07, 6.45) is -3.02. The molecule has 0 atom stereocenters. The lowest BCUT2D eigenvalue weighted by Gasteiger charge is -2.35. The summed E-state index contributed by atoms with van der Waals surface area (Å²) < 4.78 is 39.7. The van der Waals surface area contributed by atoms with Gasteiger partial charge in [0.05, 0.1) is 34.7 Å². The highest BCUT2D eigenvalue weighted by molar-refractivity contribution is 6.33. The summed E-state index contributed by atoms with van der Waals surface area (Å²) in [5.41, 5.74) is -0.850. The average molecular weight is 464 g/mol. The van der Waals surface area contributed by atoms with Crippen molar-refractivity contribution in [3.63, 3.8) is 0 Å². The van der Waals surface area contributed by atoms with E-state index in [1.807, 2.05) is 9.80 Å². The number of carbonyl (C=O) groups is 1. The molecule has 2 heterocycles. The van der Waals surface area contributed by atoms with Crippen LogP contribution in [0, 0.1) is 0 Å². The van der Waals surface area contributed by atoms with Gasteiger partial charge >= 0.3 is 6.18 Å². The van der Waals surface area contributed by atoms with Crippen LogP contribution in [0.2, 0.25) is 10.0 Å². The number of rotatable bonds is 4. The molecule has 1 fully saturated rings. The van der Waals surface area contributed by atoms with Crippen LogP contribution in [0.1, 0.15) is 5.56 Å². The van der Waals surface area contributed by atoms with E-state index in [1.54, 1.807) is 0 Å². The van der Waals surface area contributed by atoms with Gasteiger partial charge in [-0.15, -0.1) is 0 Å². The number of alkyl halides is 3. The predicted molar refractivity (Wildman–Crippen MR) is 108 cm³/mol. The van der Waals surface area contributed by atoms with Gasteiger partial charge in [-0.05, 0) is 18.2 Å². The third-order valence-electron chi connectivity index (χ3n) is 4.71. The molecule has 162 valence electrons. The Kier molecular flexibility index (Phi) is 6.59. The maximum absolute atomic E-state index is 12.9. The molecule has 0 saturated carbocycles. The van der Waals surface area contributed by atoms with Gasteiger partial charge in [-0.1, -0.05) is 23.2 Å². The number of hydrogen-bond donors (Lipinski definition) is 1. The number of nitrogens with zero attached hydrogens (tertiary/aromatic N) is 4. The van der Waals surface area contributed by atoms with Gasteiger partial charge < -0.3 is 10.2 Å². The van der Waals surface area contributed by atoms with Crippen LogP contribution in [-0.4, -0.2) is 53.3 Å². The molecule has 1 aromatic heterocycles. The number of aromatic nitrogens is 2. The van der Waals surface area contributed by atoms with E-state index in [1.165, 1.54) is 13.2 Å². The Morgan fingerprint density at radius 3 is 2.50 bits per heavy atom. The van der Waals surface area contributed by atoms with Crippen LogP contribution < -0.4 is 15.8 Å². The van der Waals surface area contributed by atoms with Crippen LogP contribution in [0.4, 0.5) is 24.5 Å². The summed E-state index contributed by atoms with van der Waals surface area (Å²) in [7, 11) is 1.51. The van der Waals surface area contributed by atoms with Crippen LogP contribution in [0.15, 0.2) is 29.2 Å². The second-order valence-electron chi connectivity index (χ2n) is 6.78. The van der Waals surface area contributed by atoms with Crippen molar-refractivity contribution in [3.05, 3.63) is 50.4 Å². The summed E-state index contributed by atoms with van der Waals surface area (Å²) >= 11 is 12.0. The molecule has 1 aromatic carbocycles. The average Bonchev–Trinajstić information content (AvgIpc) is 2.68. The van der Waals surface area contributed by atoms with Crippen molar-refractivity contribution >= 4 is 40.5 Å².